The van der Waals surface area contributed by atoms with Crippen molar-refractivity contribution in [2.24, 2.45) is 5.73 Å². The molecule has 138 valence electrons. The number of benzene rings is 1. The molecule has 0 bridgehead atoms. The molecule has 7 nitrogen and oxygen atoms in total. The first-order valence-electron chi connectivity index (χ1n) is 8.49. The van der Waals surface area contributed by atoms with E-state index in [0.717, 1.165) is 32.2 Å². The van der Waals surface area contributed by atoms with Crippen LogP contribution in [0.25, 0.3) is 0 Å². The molecule has 0 spiro atoms. The van der Waals surface area contributed by atoms with Crippen LogP contribution >= 0.6 is 0 Å². The summed E-state index contributed by atoms with van der Waals surface area (Å²) in [7, 11) is 2.94. The van der Waals surface area contributed by atoms with Gasteiger partial charge in [-0.25, -0.2) is 0 Å². The molecule has 1 saturated heterocycles. The second-order valence-corrected chi connectivity index (χ2v) is 6.02. The fourth-order valence-electron chi connectivity index (χ4n) is 3.15. The molecule has 0 aromatic heterocycles. The van der Waals surface area contributed by atoms with E-state index in [9.17, 15) is 9.59 Å². The zero-order valence-electron chi connectivity index (χ0n) is 15.0. The number of methoxy groups -OCH3 is 2. The lowest BCUT2D eigenvalue weighted by Crippen LogP contribution is -2.43. The van der Waals surface area contributed by atoms with Crippen LogP contribution in [-0.4, -0.2) is 50.1 Å². The Morgan fingerprint density at radius 1 is 1.20 bits per heavy atom. The fourth-order valence-corrected chi connectivity index (χ4v) is 3.15. The van der Waals surface area contributed by atoms with E-state index in [-0.39, 0.29) is 24.3 Å². The average Bonchev–Trinajstić information content (AvgIpc) is 2.64. The Kier molecular flexibility index (Phi) is 6.50. The highest BCUT2D eigenvalue weighted by molar-refractivity contribution is 5.96. The van der Waals surface area contributed by atoms with Crippen LogP contribution in [-0.2, 0) is 4.79 Å². The molecule has 2 rings (SSSR count). The number of carbonyl (C=O) groups excluding carboxylic acids is 2. The molecule has 1 atom stereocenters. The standard InChI is InChI=1S/C18H26N2O5/c1-4-13-7-5-6-8-20(13)18(22)12-9-14(23-2)17(15(10-12)24-3)25-11-16(19)21/h9-10,13H,4-8,11H2,1-3H3,(H2,19,21). The van der Waals surface area contributed by atoms with E-state index < -0.39 is 5.91 Å². The maximum Gasteiger partial charge on any atom is 0.255 e. The van der Waals surface area contributed by atoms with E-state index in [2.05, 4.69) is 6.92 Å². The summed E-state index contributed by atoms with van der Waals surface area (Å²) in [6.45, 7) is 2.55. The molecule has 1 aromatic rings. The number of hydrogen-bond acceptors (Lipinski definition) is 5. The number of piperidine rings is 1. The number of rotatable bonds is 7. The zero-order valence-corrected chi connectivity index (χ0v) is 15.0. The molecule has 2 N–H and O–H groups in total. The van der Waals surface area contributed by atoms with Gasteiger partial charge in [-0.3, -0.25) is 9.59 Å². The molecule has 0 saturated carbocycles. The number of nitrogens with two attached hydrogens (primary N) is 1. The van der Waals surface area contributed by atoms with Crippen molar-refractivity contribution < 1.29 is 23.8 Å². The van der Waals surface area contributed by atoms with Crippen LogP contribution in [0.15, 0.2) is 12.1 Å². The van der Waals surface area contributed by atoms with Crippen molar-refractivity contribution in [3.63, 3.8) is 0 Å². The molecule has 1 aromatic carbocycles. The van der Waals surface area contributed by atoms with Crippen molar-refractivity contribution in [1.82, 2.24) is 4.90 Å². The summed E-state index contributed by atoms with van der Waals surface area (Å²) in [4.78, 5) is 25.9. The highest BCUT2D eigenvalue weighted by Gasteiger charge is 2.28. The van der Waals surface area contributed by atoms with Gasteiger partial charge in [-0.1, -0.05) is 6.92 Å². The van der Waals surface area contributed by atoms with Crippen molar-refractivity contribution in [3.05, 3.63) is 17.7 Å². The second-order valence-electron chi connectivity index (χ2n) is 6.02. The Bertz CT molecular complexity index is 607. The van der Waals surface area contributed by atoms with E-state index >= 15 is 0 Å². The Morgan fingerprint density at radius 2 is 1.84 bits per heavy atom. The zero-order chi connectivity index (χ0) is 18.4. The fraction of sp³-hybridized carbons (Fsp3) is 0.556. The van der Waals surface area contributed by atoms with Gasteiger partial charge in [-0.05, 0) is 37.8 Å². The number of hydrogen-bond donors (Lipinski definition) is 1. The minimum absolute atomic E-state index is 0.0513. The third-order valence-corrected chi connectivity index (χ3v) is 4.43. The smallest absolute Gasteiger partial charge is 0.255 e. The van der Waals surface area contributed by atoms with Crippen LogP contribution in [0.4, 0.5) is 0 Å². The molecule has 1 aliphatic heterocycles. The Balaban J connectivity index is 2.34. The van der Waals surface area contributed by atoms with Gasteiger partial charge in [0, 0.05) is 18.2 Å². The molecule has 1 heterocycles. The van der Waals surface area contributed by atoms with Crippen molar-refractivity contribution in [2.45, 2.75) is 38.6 Å². The van der Waals surface area contributed by atoms with Crippen LogP contribution in [0.2, 0.25) is 0 Å². The van der Waals surface area contributed by atoms with Gasteiger partial charge >= 0.3 is 0 Å². The first kappa shape index (κ1) is 18.9. The minimum atomic E-state index is -0.608. The molecular weight excluding hydrogens is 324 g/mol. The van der Waals surface area contributed by atoms with Crippen LogP contribution in [0.5, 0.6) is 17.2 Å². The van der Waals surface area contributed by atoms with Crippen LogP contribution < -0.4 is 19.9 Å². The van der Waals surface area contributed by atoms with Crippen molar-refractivity contribution in [2.75, 3.05) is 27.4 Å². The van der Waals surface area contributed by atoms with Crippen molar-refractivity contribution >= 4 is 11.8 Å². The monoisotopic (exact) mass is 350 g/mol. The predicted molar refractivity (Wildman–Crippen MR) is 93.2 cm³/mol. The van der Waals surface area contributed by atoms with Crippen molar-refractivity contribution in [3.8, 4) is 17.2 Å². The first-order valence-corrected chi connectivity index (χ1v) is 8.49. The number of nitrogens with zero attached hydrogens (tertiary/aromatic N) is 1. The number of carbonyl (C=O) groups is 2. The lowest BCUT2D eigenvalue weighted by Gasteiger charge is -2.35. The molecule has 2 amide bonds. The number of ether oxygens (including phenoxy) is 3. The van der Waals surface area contributed by atoms with E-state index in [1.807, 2.05) is 4.90 Å². The van der Waals surface area contributed by atoms with Gasteiger partial charge in [0.05, 0.1) is 14.2 Å². The van der Waals surface area contributed by atoms with Crippen LogP contribution in [0, 0.1) is 0 Å². The Morgan fingerprint density at radius 3 is 2.36 bits per heavy atom. The summed E-state index contributed by atoms with van der Waals surface area (Å²) in [5.74, 6) is 0.252. The first-order chi connectivity index (χ1) is 12.0. The molecule has 1 aliphatic rings. The molecule has 7 heteroatoms. The maximum atomic E-state index is 13.0. The third-order valence-electron chi connectivity index (χ3n) is 4.43. The van der Waals surface area contributed by atoms with E-state index in [1.165, 1.54) is 14.2 Å². The van der Waals surface area contributed by atoms with Crippen LogP contribution in [0.3, 0.4) is 0 Å². The molecule has 1 unspecified atom stereocenters. The summed E-state index contributed by atoms with van der Waals surface area (Å²) in [6.07, 6.45) is 4.11. The molecule has 25 heavy (non-hydrogen) atoms. The topological polar surface area (TPSA) is 91.1 Å². The van der Waals surface area contributed by atoms with E-state index in [4.69, 9.17) is 19.9 Å². The molecule has 1 fully saturated rings. The Labute approximate surface area is 148 Å². The Hall–Kier alpha value is -2.44. The number of amides is 2. The summed E-state index contributed by atoms with van der Waals surface area (Å²) in [5.41, 5.74) is 5.60. The number of primary amides is 1. The second kappa shape index (κ2) is 8.60. The quantitative estimate of drug-likeness (QED) is 0.812. The average molecular weight is 350 g/mol. The number of likely N-dealkylation sites (tertiary alicyclic amines) is 1. The predicted octanol–water partition coefficient (Wildman–Crippen LogP) is 1.97. The van der Waals surface area contributed by atoms with Gasteiger partial charge < -0.3 is 24.8 Å². The molecule has 0 radical (unpaired) electrons. The highest BCUT2D eigenvalue weighted by atomic mass is 16.5. The van der Waals surface area contributed by atoms with Gasteiger partial charge in [0.15, 0.2) is 18.1 Å². The molecule has 0 aliphatic carbocycles. The summed E-state index contributed by atoms with van der Waals surface area (Å²) in [5, 5.41) is 0. The molecular formula is C18H26N2O5. The highest BCUT2D eigenvalue weighted by Crippen LogP contribution is 2.39. The van der Waals surface area contributed by atoms with Gasteiger partial charge in [-0.2, -0.15) is 0 Å². The SMILES string of the molecule is CCC1CCCCN1C(=O)c1cc(OC)c(OCC(N)=O)c(OC)c1. The van der Waals surface area contributed by atoms with E-state index in [0.29, 0.717) is 17.1 Å². The van der Waals surface area contributed by atoms with Gasteiger partial charge in [0.1, 0.15) is 0 Å². The van der Waals surface area contributed by atoms with Crippen molar-refractivity contribution in [1.29, 1.82) is 0 Å². The summed E-state index contributed by atoms with van der Waals surface area (Å²) < 4.78 is 16.0. The summed E-state index contributed by atoms with van der Waals surface area (Å²) in [6, 6.07) is 3.48. The lowest BCUT2D eigenvalue weighted by molar-refractivity contribution is -0.120. The van der Waals surface area contributed by atoms with E-state index in [1.54, 1.807) is 12.1 Å². The lowest BCUT2D eigenvalue weighted by atomic mass is 9.98. The van der Waals surface area contributed by atoms with Gasteiger partial charge in [0.2, 0.25) is 5.75 Å². The summed E-state index contributed by atoms with van der Waals surface area (Å²) >= 11 is 0. The largest absolute Gasteiger partial charge is 0.493 e. The van der Waals surface area contributed by atoms with Gasteiger partial charge in [0.25, 0.3) is 11.8 Å². The minimum Gasteiger partial charge on any atom is -0.493 e. The van der Waals surface area contributed by atoms with Crippen LogP contribution in [0.1, 0.15) is 43.0 Å². The third kappa shape index (κ3) is 4.35. The maximum absolute atomic E-state index is 13.0. The normalized spacial score (nSPS) is 17.1. The van der Waals surface area contributed by atoms with Gasteiger partial charge in [-0.15, -0.1) is 0 Å².